The van der Waals surface area contributed by atoms with Crippen molar-refractivity contribution in [2.24, 2.45) is 0 Å². The number of methoxy groups -OCH3 is 1. The quantitative estimate of drug-likeness (QED) is 0.119. The average molecular weight is 630 g/mol. The fraction of sp³-hybridized carbons (Fsp3) is 0.206. The summed E-state index contributed by atoms with van der Waals surface area (Å²) in [5.41, 5.74) is 0.682. The van der Waals surface area contributed by atoms with Gasteiger partial charge in [0.05, 0.1) is 25.1 Å². The Morgan fingerprint density at radius 3 is 2.30 bits per heavy atom. The summed E-state index contributed by atoms with van der Waals surface area (Å²) < 4.78 is 24.5. The molecular formula is C34H32FN3O8. The van der Waals surface area contributed by atoms with Crippen LogP contribution in [0.25, 0.3) is 0 Å². The normalized spacial score (nSPS) is 12.0. The molecule has 0 radical (unpaired) electrons. The zero-order chi connectivity index (χ0) is 33.2. The highest BCUT2D eigenvalue weighted by atomic mass is 19.1. The maximum absolute atomic E-state index is 14.3. The predicted octanol–water partition coefficient (Wildman–Crippen LogP) is 5.06. The third-order valence-electron chi connectivity index (χ3n) is 7.04. The molecule has 0 saturated heterocycles. The van der Waals surface area contributed by atoms with Crippen LogP contribution in [0, 0.1) is 15.9 Å². The molecule has 0 bridgehead atoms. The molecule has 0 aliphatic rings. The van der Waals surface area contributed by atoms with E-state index in [9.17, 15) is 34.0 Å². The van der Waals surface area contributed by atoms with Crippen LogP contribution in [0.15, 0.2) is 97.1 Å². The first kappa shape index (κ1) is 33.1. The summed E-state index contributed by atoms with van der Waals surface area (Å²) in [7, 11) is 1.49. The number of hydrogen-bond acceptors (Lipinski definition) is 8. The van der Waals surface area contributed by atoms with Gasteiger partial charge in [-0.1, -0.05) is 48.5 Å². The number of rotatable bonds is 13. The lowest BCUT2D eigenvalue weighted by molar-refractivity contribution is -0.387. The SMILES string of the molecule is CCOC(=O)C(Cc1ccc(F)c([N+](=O)[O-])c1)NC(=O)C(c1ccccc1)N(C(=O)Cc1cccc(O)c1)c1ccc(OC)cc1. The minimum Gasteiger partial charge on any atom is -0.508 e. The van der Waals surface area contributed by atoms with Crippen molar-refractivity contribution in [2.75, 3.05) is 18.6 Å². The summed E-state index contributed by atoms with van der Waals surface area (Å²) in [6, 6.07) is 21.7. The number of esters is 1. The molecule has 238 valence electrons. The van der Waals surface area contributed by atoms with Crippen molar-refractivity contribution in [1.82, 2.24) is 5.32 Å². The van der Waals surface area contributed by atoms with Crippen molar-refractivity contribution in [1.29, 1.82) is 0 Å². The van der Waals surface area contributed by atoms with Gasteiger partial charge in [0, 0.05) is 18.2 Å². The molecule has 2 N–H and O–H groups in total. The van der Waals surface area contributed by atoms with Crippen molar-refractivity contribution in [3.8, 4) is 11.5 Å². The minimum atomic E-state index is -1.34. The maximum Gasteiger partial charge on any atom is 0.328 e. The molecule has 4 rings (SSSR count). The second-order valence-corrected chi connectivity index (χ2v) is 10.2. The average Bonchev–Trinajstić information content (AvgIpc) is 3.04. The zero-order valence-electron chi connectivity index (χ0n) is 25.1. The molecule has 0 aromatic heterocycles. The van der Waals surface area contributed by atoms with E-state index in [1.54, 1.807) is 73.7 Å². The molecule has 2 atom stereocenters. The Labute approximate surface area is 264 Å². The molecule has 4 aromatic carbocycles. The molecule has 12 heteroatoms. The summed E-state index contributed by atoms with van der Waals surface area (Å²) in [6.07, 6.45) is -0.440. The van der Waals surface area contributed by atoms with E-state index in [0.29, 0.717) is 22.6 Å². The van der Waals surface area contributed by atoms with Crippen molar-refractivity contribution in [3.63, 3.8) is 0 Å². The number of nitrogens with one attached hydrogen (secondary N) is 1. The molecule has 0 spiro atoms. The molecule has 0 fully saturated rings. The third-order valence-corrected chi connectivity index (χ3v) is 7.04. The van der Waals surface area contributed by atoms with Crippen LogP contribution in [-0.4, -0.2) is 47.6 Å². The van der Waals surface area contributed by atoms with Crippen LogP contribution >= 0.6 is 0 Å². The van der Waals surface area contributed by atoms with Crippen molar-refractivity contribution in [3.05, 3.63) is 130 Å². The number of phenols is 1. The lowest BCUT2D eigenvalue weighted by Gasteiger charge is -2.33. The molecule has 0 aliphatic heterocycles. The van der Waals surface area contributed by atoms with Gasteiger partial charge in [0.2, 0.25) is 17.6 Å². The van der Waals surface area contributed by atoms with Gasteiger partial charge in [0.25, 0.3) is 0 Å². The molecule has 2 amide bonds. The zero-order valence-corrected chi connectivity index (χ0v) is 25.1. The number of carbonyl (C=O) groups excluding carboxylic acids is 3. The standard InChI is InChI=1S/C34H32FN3O8/c1-3-46-34(42)29(19-23-12-17-28(35)30(20-23)38(43)44)36-33(41)32(24-9-5-4-6-10-24)37(25-13-15-27(45-2)16-14-25)31(40)21-22-8-7-11-26(39)18-22/h4-18,20,29,32,39H,3,19,21H2,1-2H3,(H,36,41). The molecule has 0 heterocycles. The number of hydrogen-bond donors (Lipinski definition) is 2. The monoisotopic (exact) mass is 629 g/mol. The number of ether oxygens (including phenoxy) is 2. The first-order chi connectivity index (χ1) is 22.1. The van der Waals surface area contributed by atoms with Gasteiger partial charge in [-0.05, 0) is 66.1 Å². The fourth-order valence-corrected chi connectivity index (χ4v) is 4.91. The van der Waals surface area contributed by atoms with Gasteiger partial charge in [-0.2, -0.15) is 4.39 Å². The van der Waals surface area contributed by atoms with Gasteiger partial charge in [0.15, 0.2) is 0 Å². The van der Waals surface area contributed by atoms with Crippen LogP contribution in [0.2, 0.25) is 0 Å². The smallest absolute Gasteiger partial charge is 0.328 e. The van der Waals surface area contributed by atoms with E-state index in [1.165, 1.54) is 30.2 Å². The van der Waals surface area contributed by atoms with E-state index in [0.717, 1.165) is 12.1 Å². The summed E-state index contributed by atoms with van der Waals surface area (Å²) in [4.78, 5) is 53.2. The topological polar surface area (TPSA) is 148 Å². The number of nitro groups is 1. The molecule has 11 nitrogen and oxygen atoms in total. The number of phenolic OH excluding ortho intramolecular Hbond substituents is 1. The van der Waals surface area contributed by atoms with Crippen LogP contribution in [0.5, 0.6) is 11.5 Å². The van der Waals surface area contributed by atoms with Crippen LogP contribution in [0.4, 0.5) is 15.8 Å². The van der Waals surface area contributed by atoms with Gasteiger partial charge in [0.1, 0.15) is 23.6 Å². The lowest BCUT2D eigenvalue weighted by atomic mass is 10.00. The van der Waals surface area contributed by atoms with E-state index < -0.39 is 46.3 Å². The Morgan fingerprint density at radius 1 is 0.957 bits per heavy atom. The molecular weight excluding hydrogens is 597 g/mol. The molecule has 4 aromatic rings. The number of benzene rings is 4. The van der Waals surface area contributed by atoms with Gasteiger partial charge < -0.3 is 19.9 Å². The van der Waals surface area contributed by atoms with E-state index in [2.05, 4.69) is 5.32 Å². The molecule has 0 aliphatic carbocycles. The van der Waals surface area contributed by atoms with Crippen molar-refractivity contribution in [2.45, 2.75) is 31.8 Å². The van der Waals surface area contributed by atoms with Gasteiger partial charge in [-0.25, -0.2) is 4.79 Å². The number of halogens is 1. The Balaban J connectivity index is 1.77. The van der Waals surface area contributed by atoms with Crippen LogP contribution in [0.3, 0.4) is 0 Å². The summed E-state index contributed by atoms with van der Waals surface area (Å²) in [5, 5.41) is 24.0. The maximum atomic E-state index is 14.3. The summed E-state index contributed by atoms with van der Waals surface area (Å²) in [5.74, 6) is -2.63. The number of nitro benzene ring substituents is 1. The second kappa shape index (κ2) is 15.3. The van der Waals surface area contributed by atoms with E-state index >= 15 is 0 Å². The first-order valence-corrected chi connectivity index (χ1v) is 14.3. The number of nitrogens with zero attached hydrogens (tertiary/aromatic N) is 2. The Kier molecular flexibility index (Phi) is 11.0. The number of amides is 2. The third kappa shape index (κ3) is 8.23. The minimum absolute atomic E-state index is 0.0166. The second-order valence-electron chi connectivity index (χ2n) is 10.2. The van der Waals surface area contributed by atoms with E-state index in [-0.39, 0.29) is 30.8 Å². The molecule has 0 saturated carbocycles. The highest BCUT2D eigenvalue weighted by Gasteiger charge is 2.35. The molecule has 46 heavy (non-hydrogen) atoms. The van der Waals surface area contributed by atoms with Crippen LogP contribution in [-0.2, 0) is 32.0 Å². The largest absolute Gasteiger partial charge is 0.508 e. The Morgan fingerprint density at radius 2 is 1.67 bits per heavy atom. The highest BCUT2D eigenvalue weighted by molar-refractivity contribution is 6.03. The number of aromatic hydroxyl groups is 1. The van der Waals surface area contributed by atoms with Gasteiger partial charge in [-0.15, -0.1) is 0 Å². The van der Waals surface area contributed by atoms with Crippen molar-refractivity contribution >= 4 is 29.2 Å². The van der Waals surface area contributed by atoms with Crippen molar-refractivity contribution < 1.29 is 38.3 Å². The fourth-order valence-electron chi connectivity index (χ4n) is 4.91. The summed E-state index contributed by atoms with van der Waals surface area (Å²) in [6.45, 7) is 1.56. The first-order valence-electron chi connectivity index (χ1n) is 14.3. The van der Waals surface area contributed by atoms with Crippen LogP contribution < -0.4 is 15.0 Å². The molecule has 2 unspecified atom stereocenters. The Bertz CT molecular complexity index is 1700. The number of anilines is 1. The highest BCUT2D eigenvalue weighted by Crippen LogP contribution is 2.31. The summed E-state index contributed by atoms with van der Waals surface area (Å²) >= 11 is 0. The lowest BCUT2D eigenvalue weighted by Crippen LogP contribution is -2.50. The van der Waals surface area contributed by atoms with Gasteiger partial charge in [-0.3, -0.25) is 24.6 Å². The number of carbonyl (C=O) groups is 3. The van der Waals surface area contributed by atoms with Gasteiger partial charge >= 0.3 is 11.7 Å². The predicted molar refractivity (Wildman–Crippen MR) is 167 cm³/mol. The van der Waals surface area contributed by atoms with E-state index in [1.807, 2.05) is 0 Å². The Hall–Kier alpha value is -5.78. The van der Waals surface area contributed by atoms with E-state index in [4.69, 9.17) is 9.47 Å². The van der Waals surface area contributed by atoms with Crippen LogP contribution in [0.1, 0.15) is 29.7 Å².